The van der Waals surface area contributed by atoms with Gasteiger partial charge in [0.2, 0.25) is 5.72 Å². The Morgan fingerprint density at radius 2 is 1.60 bits per heavy atom. The molecular formula is C35H32N2O5. The molecule has 0 bridgehead atoms. The first-order valence-electron chi connectivity index (χ1n) is 14.1. The minimum atomic E-state index is -1.46. The van der Waals surface area contributed by atoms with E-state index in [1.807, 2.05) is 78.6 Å². The summed E-state index contributed by atoms with van der Waals surface area (Å²) in [6.45, 7) is 7.36. The van der Waals surface area contributed by atoms with Crippen LogP contribution in [0.3, 0.4) is 0 Å². The third-order valence-electron chi connectivity index (χ3n) is 7.89. The number of nitrogens with zero attached hydrogens (tertiary/aromatic N) is 2. The summed E-state index contributed by atoms with van der Waals surface area (Å²) in [5, 5.41) is 0.952. The van der Waals surface area contributed by atoms with E-state index in [0.29, 0.717) is 23.3 Å². The minimum Gasteiger partial charge on any atom is -0.494 e. The molecule has 0 N–H and O–H groups in total. The zero-order valence-electron chi connectivity index (χ0n) is 24.1. The molecule has 42 heavy (non-hydrogen) atoms. The lowest BCUT2D eigenvalue weighted by atomic mass is 9.87. The molecule has 7 heteroatoms. The molecule has 0 saturated heterocycles. The van der Waals surface area contributed by atoms with Crippen LogP contribution in [0.15, 0.2) is 97.1 Å². The summed E-state index contributed by atoms with van der Waals surface area (Å²) < 4.78 is 19.7. The Morgan fingerprint density at radius 3 is 2.29 bits per heavy atom. The van der Waals surface area contributed by atoms with E-state index in [-0.39, 0.29) is 0 Å². The number of aromatic nitrogens is 1. The zero-order chi connectivity index (χ0) is 29.4. The maximum Gasteiger partial charge on any atom is 0.341 e. The lowest BCUT2D eigenvalue weighted by molar-refractivity contribution is 0.0136. The largest absolute Gasteiger partial charge is 0.494 e. The van der Waals surface area contributed by atoms with Crippen LogP contribution in [-0.4, -0.2) is 30.2 Å². The van der Waals surface area contributed by atoms with E-state index < -0.39 is 17.7 Å². The predicted molar refractivity (Wildman–Crippen MR) is 163 cm³/mol. The smallest absolute Gasteiger partial charge is 0.341 e. The lowest BCUT2D eigenvalue weighted by Crippen LogP contribution is -2.45. The average molecular weight is 561 g/mol. The fourth-order valence-electron chi connectivity index (χ4n) is 6.17. The van der Waals surface area contributed by atoms with Crippen molar-refractivity contribution in [3.63, 3.8) is 0 Å². The van der Waals surface area contributed by atoms with E-state index in [4.69, 9.17) is 14.2 Å². The molecule has 212 valence electrons. The summed E-state index contributed by atoms with van der Waals surface area (Å²) in [5.74, 6) is -0.231. The maximum absolute atomic E-state index is 13.8. The third-order valence-corrected chi connectivity index (χ3v) is 7.89. The fourth-order valence-corrected chi connectivity index (χ4v) is 6.17. The Morgan fingerprint density at radius 1 is 0.905 bits per heavy atom. The summed E-state index contributed by atoms with van der Waals surface area (Å²) in [4.78, 5) is 28.7. The van der Waals surface area contributed by atoms with Crippen LogP contribution in [-0.2, 0) is 21.7 Å². The van der Waals surface area contributed by atoms with Crippen molar-refractivity contribution < 1.29 is 23.8 Å². The van der Waals surface area contributed by atoms with Crippen LogP contribution in [0.2, 0.25) is 0 Å². The molecule has 5 aromatic rings. The van der Waals surface area contributed by atoms with Crippen molar-refractivity contribution in [1.82, 2.24) is 4.57 Å². The van der Waals surface area contributed by atoms with Crippen molar-refractivity contribution in [2.75, 3.05) is 18.6 Å². The van der Waals surface area contributed by atoms with Crippen LogP contribution in [0, 0.1) is 6.92 Å². The van der Waals surface area contributed by atoms with Crippen molar-refractivity contribution >= 4 is 34.2 Å². The average Bonchev–Trinajstić information content (AvgIpc) is 3.48. The topological polar surface area (TPSA) is 70.0 Å². The molecule has 1 aromatic heterocycles. The predicted octanol–water partition coefficient (Wildman–Crippen LogP) is 7.36. The monoisotopic (exact) mass is 560 g/mol. The van der Waals surface area contributed by atoms with E-state index in [0.717, 1.165) is 45.8 Å². The van der Waals surface area contributed by atoms with E-state index in [1.54, 1.807) is 18.2 Å². The van der Waals surface area contributed by atoms with E-state index in [2.05, 4.69) is 30.5 Å². The standard InChI is InChI=1S/C35H32N2O5/c1-5-36-23(3)32(29-14-10-11-15-31(29)36)35(30-22-24(33(38)40-4)16-21-28(30)34(39)42-35)37(25-12-8-7-9-13-25)26-17-19-27(20-18-26)41-6-2/h7-22H,5-6H2,1-4H3. The normalized spacial score (nSPS) is 15.8. The number of fused-ring (bicyclic) bond motifs is 2. The van der Waals surface area contributed by atoms with Gasteiger partial charge in [0, 0.05) is 40.1 Å². The number of carbonyl (C=O) groups excluding carboxylic acids is 2. The molecule has 0 aliphatic carbocycles. The van der Waals surface area contributed by atoms with Gasteiger partial charge in [0.05, 0.1) is 30.4 Å². The van der Waals surface area contributed by atoms with Gasteiger partial charge in [-0.3, -0.25) is 4.90 Å². The van der Waals surface area contributed by atoms with Crippen LogP contribution < -0.4 is 9.64 Å². The number of esters is 2. The second-order valence-electron chi connectivity index (χ2n) is 10.1. The molecule has 0 spiro atoms. The molecule has 0 fully saturated rings. The number of aryl methyl sites for hydroxylation is 1. The van der Waals surface area contributed by atoms with Crippen LogP contribution in [0.25, 0.3) is 10.9 Å². The van der Waals surface area contributed by atoms with Crippen molar-refractivity contribution in [2.24, 2.45) is 0 Å². The van der Waals surface area contributed by atoms with Crippen LogP contribution in [0.5, 0.6) is 5.75 Å². The lowest BCUT2D eigenvalue weighted by Gasteiger charge is -2.42. The van der Waals surface area contributed by atoms with Crippen molar-refractivity contribution in [3.05, 3.63) is 125 Å². The number of carbonyl (C=O) groups is 2. The highest BCUT2D eigenvalue weighted by Gasteiger charge is 2.55. The van der Waals surface area contributed by atoms with Crippen molar-refractivity contribution in [2.45, 2.75) is 33.0 Å². The number of hydrogen-bond donors (Lipinski definition) is 0. The number of methoxy groups -OCH3 is 1. The van der Waals surface area contributed by atoms with Gasteiger partial charge in [-0.2, -0.15) is 0 Å². The number of anilines is 2. The van der Waals surface area contributed by atoms with Gasteiger partial charge in [-0.25, -0.2) is 9.59 Å². The number of benzene rings is 4. The molecule has 1 aliphatic rings. The van der Waals surface area contributed by atoms with E-state index in [1.165, 1.54) is 7.11 Å². The van der Waals surface area contributed by atoms with E-state index in [9.17, 15) is 9.59 Å². The van der Waals surface area contributed by atoms with Gasteiger partial charge < -0.3 is 18.8 Å². The highest BCUT2D eigenvalue weighted by molar-refractivity contribution is 6.01. The molecule has 1 atom stereocenters. The van der Waals surface area contributed by atoms with Gasteiger partial charge in [0.25, 0.3) is 0 Å². The molecular weight excluding hydrogens is 528 g/mol. The fraction of sp³-hybridized carbons (Fsp3) is 0.200. The molecule has 0 saturated carbocycles. The summed E-state index contributed by atoms with van der Waals surface area (Å²) in [6.07, 6.45) is 0. The van der Waals surface area contributed by atoms with Gasteiger partial charge in [-0.1, -0.05) is 36.4 Å². The van der Waals surface area contributed by atoms with Crippen LogP contribution >= 0.6 is 0 Å². The second-order valence-corrected chi connectivity index (χ2v) is 10.1. The maximum atomic E-state index is 13.8. The van der Waals surface area contributed by atoms with Crippen LogP contribution in [0.1, 0.15) is 51.4 Å². The third kappa shape index (κ3) is 4.12. The first-order valence-corrected chi connectivity index (χ1v) is 14.1. The minimum absolute atomic E-state index is 0.329. The van der Waals surface area contributed by atoms with Crippen molar-refractivity contribution in [1.29, 1.82) is 0 Å². The van der Waals surface area contributed by atoms with Gasteiger partial charge in [0.15, 0.2) is 0 Å². The Labute approximate surface area is 244 Å². The van der Waals surface area contributed by atoms with Crippen LogP contribution in [0.4, 0.5) is 11.4 Å². The highest BCUT2D eigenvalue weighted by atomic mass is 16.6. The molecule has 1 unspecified atom stereocenters. The Balaban J connectivity index is 1.76. The first kappa shape index (κ1) is 27.1. The first-order chi connectivity index (χ1) is 20.4. The van der Waals surface area contributed by atoms with Gasteiger partial charge in [-0.05, 0) is 81.4 Å². The molecule has 7 nitrogen and oxygen atoms in total. The SMILES string of the molecule is CCOc1ccc(N(c2ccccc2)C2(c3c(C)n(CC)c4ccccc34)OC(=O)c3ccc(C(=O)OC)cc32)cc1. The Kier molecular flexibility index (Phi) is 6.94. The number of ether oxygens (including phenoxy) is 3. The molecule has 0 radical (unpaired) electrons. The molecule has 4 aromatic carbocycles. The quantitative estimate of drug-likeness (QED) is 0.185. The van der Waals surface area contributed by atoms with Gasteiger partial charge in [0.1, 0.15) is 5.75 Å². The Bertz CT molecular complexity index is 1790. The van der Waals surface area contributed by atoms with Crippen molar-refractivity contribution in [3.8, 4) is 5.75 Å². The van der Waals surface area contributed by atoms with E-state index >= 15 is 0 Å². The number of hydrogen-bond acceptors (Lipinski definition) is 6. The summed E-state index contributed by atoms with van der Waals surface area (Å²) in [6, 6.07) is 30.7. The number of para-hydroxylation sites is 2. The zero-order valence-corrected chi connectivity index (χ0v) is 24.1. The van der Waals surface area contributed by atoms with Gasteiger partial charge >= 0.3 is 11.9 Å². The molecule has 1 aliphatic heterocycles. The summed E-state index contributed by atoms with van der Waals surface area (Å²) in [7, 11) is 1.35. The molecule has 6 rings (SSSR count). The second kappa shape index (κ2) is 10.7. The Hall–Kier alpha value is -5.04. The summed E-state index contributed by atoms with van der Waals surface area (Å²) >= 11 is 0. The molecule has 0 amide bonds. The number of cyclic esters (lactones) is 1. The summed E-state index contributed by atoms with van der Waals surface area (Å²) in [5.41, 5.74) is 4.21. The highest BCUT2D eigenvalue weighted by Crippen LogP contribution is 2.53. The molecule has 2 heterocycles. The van der Waals surface area contributed by atoms with Gasteiger partial charge in [-0.15, -0.1) is 0 Å². The number of rotatable bonds is 8.